The van der Waals surface area contributed by atoms with Crippen LogP contribution < -0.4 is 4.74 Å². The van der Waals surface area contributed by atoms with Gasteiger partial charge in [-0.15, -0.1) is 0 Å². The summed E-state index contributed by atoms with van der Waals surface area (Å²) in [6.07, 6.45) is 1.75. The number of ether oxygens (including phenoxy) is 1. The smallest absolute Gasteiger partial charge is 0.138 e. The predicted molar refractivity (Wildman–Crippen MR) is 74.1 cm³/mol. The summed E-state index contributed by atoms with van der Waals surface area (Å²) in [5.41, 5.74) is 2.11. The number of pyridine rings is 1. The monoisotopic (exact) mass is 261 g/mol. The quantitative estimate of drug-likeness (QED) is 0.812. The van der Waals surface area contributed by atoms with E-state index < -0.39 is 0 Å². The van der Waals surface area contributed by atoms with Crippen LogP contribution in [-0.2, 0) is 6.61 Å². The third-order valence-electron chi connectivity index (χ3n) is 2.72. The second-order valence-electron chi connectivity index (χ2n) is 4.45. The Morgan fingerprint density at radius 1 is 1.22 bits per heavy atom. The molecule has 1 heterocycles. The molecule has 0 radical (unpaired) electrons. The van der Waals surface area contributed by atoms with Crippen LogP contribution in [0.5, 0.6) is 5.75 Å². The Labute approximate surface area is 113 Å². The van der Waals surface area contributed by atoms with Gasteiger partial charge in [0.2, 0.25) is 0 Å². The summed E-state index contributed by atoms with van der Waals surface area (Å²) in [7, 11) is 0. The molecule has 0 saturated carbocycles. The lowest BCUT2D eigenvalue weighted by Crippen LogP contribution is -1.99. The molecule has 0 aliphatic heterocycles. The number of halogens is 1. The Hall–Kier alpha value is -1.54. The molecule has 0 fully saturated rings. The molecule has 94 valence electrons. The molecule has 3 heteroatoms. The van der Waals surface area contributed by atoms with Gasteiger partial charge in [0.25, 0.3) is 0 Å². The highest BCUT2D eigenvalue weighted by molar-refractivity contribution is 6.32. The van der Waals surface area contributed by atoms with Crippen LogP contribution in [0.25, 0.3) is 0 Å². The van der Waals surface area contributed by atoms with E-state index in [4.69, 9.17) is 16.3 Å². The minimum atomic E-state index is 0.433. The van der Waals surface area contributed by atoms with Crippen LogP contribution in [0.3, 0.4) is 0 Å². The lowest BCUT2D eigenvalue weighted by molar-refractivity contribution is 0.301. The Kier molecular flexibility index (Phi) is 4.21. The van der Waals surface area contributed by atoms with Crippen LogP contribution in [-0.4, -0.2) is 4.98 Å². The molecule has 1 aromatic heterocycles. The van der Waals surface area contributed by atoms with Gasteiger partial charge < -0.3 is 4.74 Å². The zero-order valence-electron chi connectivity index (χ0n) is 10.6. The van der Waals surface area contributed by atoms with Crippen molar-refractivity contribution in [2.75, 3.05) is 0 Å². The minimum absolute atomic E-state index is 0.433. The first-order valence-corrected chi connectivity index (χ1v) is 6.37. The van der Waals surface area contributed by atoms with Crippen LogP contribution in [0.15, 0.2) is 42.6 Å². The van der Waals surface area contributed by atoms with Crippen LogP contribution in [0.4, 0.5) is 0 Å². The number of hydrogen-bond donors (Lipinski definition) is 0. The molecular formula is C15H16ClNO. The van der Waals surface area contributed by atoms with Gasteiger partial charge in [-0.1, -0.05) is 37.6 Å². The van der Waals surface area contributed by atoms with E-state index in [0.29, 0.717) is 23.3 Å². The predicted octanol–water partition coefficient (Wildman–Crippen LogP) is 4.44. The van der Waals surface area contributed by atoms with E-state index in [0.717, 1.165) is 5.69 Å². The average molecular weight is 262 g/mol. The molecule has 0 amide bonds. The van der Waals surface area contributed by atoms with Crippen LogP contribution in [0.1, 0.15) is 31.0 Å². The minimum Gasteiger partial charge on any atom is -0.486 e. The molecule has 0 N–H and O–H groups in total. The SMILES string of the molecule is CC(C)c1ccc(Cl)c(OCc2ccccn2)c1. The molecular weight excluding hydrogens is 246 g/mol. The molecule has 0 unspecified atom stereocenters. The van der Waals surface area contributed by atoms with Gasteiger partial charge in [0.1, 0.15) is 12.4 Å². The molecule has 0 aliphatic carbocycles. The van der Waals surface area contributed by atoms with Crippen molar-refractivity contribution in [2.24, 2.45) is 0 Å². The fourth-order valence-electron chi connectivity index (χ4n) is 1.62. The maximum atomic E-state index is 6.12. The van der Waals surface area contributed by atoms with E-state index in [1.54, 1.807) is 6.20 Å². The summed E-state index contributed by atoms with van der Waals surface area (Å²) >= 11 is 6.12. The van der Waals surface area contributed by atoms with E-state index in [-0.39, 0.29) is 0 Å². The van der Waals surface area contributed by atoms with E-state index in [9.17, 15) is 0 Å². The van der Waals surface area contributed by atoms with Crippen LogP contribution in [0, 0.1) is 0 Å². The summed E-state index contributed by atoms with van der Waals surface area (Å²) in [6.45, 7) is 4.72. The first-order valence-electron chi connectivity index (χ1n) is 5.99. The van der Waals surface area contributed by atoms with Crippen molar-refractivity contribution in [3.05, 3.63) is 58.9 Å². The van der Waals surface area contributed by atoms with Gasteiger partial charge in [0, 0.05) is 6.20 Å². The average Bonchev–Trinajstić information content (AvgIpc) is 2.38. The van der Waals surface area contributed by atoms with Gasteiger partial charge in [-0.25, -0.2) is 0 Å². The van der Waals surface area contributed by atoms with Gasteiger partial charge in [0.05, 0.1) is 10.7 Å². The topological polar surface area (TPSA) is 22.1 Å². The second kappa shape index (κ2) is 5.87. The second-order valence-corrected chi connectivity index (χ2v) is 4.86. The lowest BCUT2D eigenvalue weighted by atomic mass is 10.0. The Bertz CT molecular complexity index is 511. The molecule has 2 rings (SSSR count). The molecule has 2 aromatic rings. The molecule has 1 aromatic carbocycles. The Balaban J connectivity index is 2.11. The number of rotatable bonds is 4. The fraction of sp³-hybridized carbons (Fsp3) is 0.267. The number of aromatic nitrogens is 1. The van der Waals surface area contributed by atoms with Crippen molar-refractivity contribution in [3.63, 3.8) is 0 Å². The zero-order chi connectivity index (χ0) is 13.0. The molecule has 0 atom stereocenters. The fourth-order valence-corrected chi connectivity index (χ4v) is 1.80. The molecule has 18 heavy (non-hydrogen) atoms. The summed E-state index contributed by atoms with van der Waals surface area (Å²) in [4.78, 5) is 4.21. The summed E-state index contributed by atoms with van der Waals surface area (Å²) in [5.74, 6) is 1.17. The van der Waals surface area contributed by atoms with Crippen molar-refractivity contribution in [1.29, 1.82) is 0 Å². The summed E-state index contributed by atoms with van der Waals surface area (Å²) < 4.78 is 5.72. The van der Waals surface area contributed by atoms with E-state index in [1.165, 1.54) is 5.56 Å². The Morgan fingerprint density at radius 3 is 2.72 bits per heavy atom. The third-order valence-corrected chi connectivity index (χ3v) is 3.04. The first-order chi connectivity index (χ1) is 8.66. The summed E-state index contributed by atoms with van der Waals surface area (Å²) in [6, 6.07) is 11.7. The molecule has 0 aliphatic rings. The number of nitrogens with zero attached hydrogens (tertiary/aromatic N) is 1. The van der Waals surface area contributed by atoms with Crippen LogP contribution in [0.2, 0.25) is 5.02 Å². The van der Waals surface area contributed by atoms with Gasteiger partial charge >= 0.3 is 0 Å². The molecule has 0 spiro atoms. The van der Waals surface area contributed by atoms with Crippen molar-refractivity contribution < 1.29 is 4.74 Å². The van der Waals surface area contributed by atoms with E-state index in [2.05, 4.69) is 18.8 Å². The largest absolute Gasteiger partial charge is 0.486 e. The van der Waals surface area contributed by atoms with E-state index in [1.807, 2.05) is 36.4 Å². The third kappa shape index (κ3) is 3.23. The molecule has 2 nitrogen and oxygen atoms in total. The maximum Gasteiger partial charge on any atom is 0.138 e. The normalized spacial score (nSPS) is 10.7. The van der Waals surface area contributed by atoms with Gasteiger partial charge in [-0.2, -0.15) is 0 Å². The van der Waals surface area contributed by atoms with Crippen molar-refractivity contribution in [1.82, 2.24) is 4.98 Å². The maximum absolute atomic E-state index is 6.12. The van der Waals surface area contributed by atoms with E-state index >= 15 is 0 Å². The number of benzene rings is 1. The summed E-state index contributed by atoms with van der Waals surface area (Å²) in [5, 5.41) is 0.635. The number of hydrogen-bond acceptors (Lipinski definition) is 2. The Morgan fingerprint density at radius 2 is 2.06 bits per heavy atom. The molecule has 0 bridgehead atoms. The first kappa shape index (κ1) is 12.9. The van der Waals surface area contributed by atoms with Gasteiger partial charge in [-0.05, 0) is 35.7 Å². The highest BCUT2D eigenvalue weighted by Gasteiger charge is 2.06. The standard InChI is InChI=1S/C15H16ClNO/c1-11(2)12-6-7-14(16)15(9-12)18-10-13-5-3-4-8-17-13/h3-9,11H,10H2,1-2H3. The van der Waals surface area contributed by atoms with Crippen molar-refractivity contribution >= 4 is 11.6 Å². The van der Waals surface area contributed by atoms with Gasteiger partial charge in [-0.3, -0.25) is 4.98 Å². The van der Waals surface area contributed by atoms with Crippen LogP contribution >= 0.6 is 11.6 Å². The van der Waals surface area contributed by atoms with Crippen molar-refractivity contribution in [3.8, 4) is 5.75 Å². The lowest BCUT2D eigenvalue weighted by Gasteiger charge is -2.11. The molecule has 0 saturated heterocycles. The highest BCUT2D eigenvalue weighted by atomic mass is 35.5. The van der Waals surface area contributed by atoms with Gasteiger partial charge in [0.15, 0.2) is 0 Å². The highest BCUT2D eigenvalue weighted by Crippen LogP contribution is 2.29. The van der Waals surface area contributed by atoms with Crippen molar-refractivity contribution in [2.45, 2.75) is 26.4 Å². The zero-order valence-corrected chi connectivity index (χ0v) is 11.3.